The summed E-state index contributed by atoms with van der Waals surface area (Å²) in [6.07, 6.45) is 5.12. The van der Waals surface area contributed by atoms with E-state index in [4.69, 9.17) is 4.43 Å². The Balaban J connectivity index is 2.93. The van der Waals surface area contributed by atoms with E-state index >= 15 is 0 Å². The Kier molecular flexibility index (Phi) is 6.96. The smallest absolute Gasteiger partial charge is 0.408 e. The van der Waals surface area contributed by atoms with E-state index in [1.807, 2.05) is 20.8 Å². The number of hydrogen-bond acceptors (Lipinski definition) is 2. The lowest BCUT2D eigenvalue weighted by Gasteiger charge is -2.43. The lowest BCUT2D eigenvalue weighted by Crippen LogP contribution is -2.55. The van der Waals surface area contributed by atoms with Crippen molar-refractivity contribution in [2.45, 2.75) is 103 Å². The van der Waals surface area contributed by atoms with Gasteiger partial charge < -0.3 is 9.53 Å². The first-order valence-electron chi connectivity index (χ1n) is 9.42. The van der Waals surface area contributed by atoms with Crippen molar-refractivity contribution in [1.82, 2.24) is 4.90 Å². The van der Waals surface area contributed by atoms with Crippen molar-refractivity contribution in [1.29, 1.82) is 0 Å². The van der Waals surface area contributed by atoms with Crippen LogP contribution < -0.4 is 0 Å². The molecule has 0 aliphatic heterocycles. The van der Waals surface area contributed by atoms with E-state index in [1.54, 1.807) is 4.90 Å². The highest BCUT2D eigenvalue weighted by Gasteiger charge is 2.40. The van der Waals surface area contributed by atoms with Crippen LogP contribution in [0.4, 0.5) is 4.79 Å². The fraction of sp³-hybridized carbons (Fsp3) is 0.947. The maximum Gasteiger partial charge on any atom is 0.408 e. The molecule has 1 aliphatic rings. The fourth-order valence-corrected chi connectivity index (χ4v) is 4.43. The van der Waals surface area contributed by atoms with Crippen LogP contribution in [0.1, 0.15) is 73.6 Å². The third-order valence-electron chi connectivity index (χ3n) is 5.82. The number of carbonyl (C=O) groups is 1. The number of rotatable bonds is 6. The van der Waals surface area contributed by atoms with Crippen LogP contribution >= 0.6 is 0 Å². The fourth-order valence-electron chi connectivity index (χ4n) is 3.39. The molecule has 1 fully saturated rings. The van der Waals surface area contributed by atoms with Crippen LogP contribution in [0, 0.1) is 5.92 Å². The zero-order valence-corrected chi connectivity index (χ0v) is 18.1. The van der Waals surface area contributed by atoms with Gasteiger partial charge in [-0.3, -0.25) is 4.90 Å². The standard InChI is InChI=1S/C19H39NO3Si/c1-18(2,3)20(17(21)22)16(13-15-11-9-10-12-15)14-23-24(7,8)19(4,5)6/h15-16H,9-14H2,1-8H3,(H,21,22)/t16-/m0/s1. The Bertz CT molecular complexity index is 417. The van der Waals surface area contributed by atoms with E-state index in [1.165, 1.54) is 25.7 Å². The van der Waals surface area contributed by atoms with Crippen LogP contribution in [0.25, 0.3) is 0 Å². The summed E-state index contributed by atoms with van der Waals surface area (Å²) in [5.41, 5.74) is -0.411. The van der Waals surface area contributed by atoms with E-state index < -0.39 is 19.9 Å². The molecule has 0 saturated heterocycles. The summed E-state index contributed by atoms with van der Waals surface area (Å²) < 4.78 is 6.43. The molecule has 0 aromatic heterocycles. The quantitative estimate of drug-likeness (QED) is 0.617. The molecule has 1 saturated carbocycles. The highest BCUT2D eigenvalue weighted by molar-refractivity contribution is 6.74. The highest BCUT2D eigenvalue weighted by Crippen LogP contribution is 2.38. The van der Waals surface area contributed by atoms with E-state index in [-0.39, 0.29) is 11.1 Å². The molecule has 1 aliphatic carbocycles. The minimum Gasteiger partial charge on any atom is -0.465 e. The topological polar surface area (TPSA) is 49.8 Å². The molecule has 0 spiro atoms. The molecule has 1 amide bonds. The monoisotopic (exact) mass is 357 g/mol. The van der Waals surface area contributed by atoms with Crippen molar-refractivity contribution in [3.63, 3.8) is 0 Å². The molecule has 1 rings (SSSR count). The van der Waals surface area contributed by atoms with Crippen LogP contribution in [0.3, 0.4) is 0 Å². The second-order valence-electron chi connectivity index (χ2n) is 9.93. The molecule has 0 aromatic rings. The predicted octanol–water partition coefficient (Wildman–Crippen LogP) is 5.74. The van der Waals surface area contributed by atoms with Gasteiger partial charge in [0.15, 0.2) is 8.32 Å². The molecule has 4 nitrogen and oxygen atoms in total. The van der Waals surface area contributed by atoms with Gasteiger partial charge in [-0.15, -0.1) is 0 Å². The number of carboxylic acid groups (broad SMARTS) is 1. The van der Waals surface area contributed by atoms with Crippen molar-refractivity contribution in [2.75, 3.05) is 6.61 Å². The van der Waals surface area contributed by atoms with Crippen LogP contribution in [0.5, 0.6) is 0 Å². The van der Waals surface area contributed by atoms with Crippen molar-refractivity contribution >= 4 is 14.4 Å². The van der Waals surface area contributed by atoms with Gasteiger partial charge in [0.1, 0.15) is 0 Å². The van der Waals surface area contributed by atoms with Gasteiger partial charge in [-0.05, 0) is 51.2 Å². The average molecular weight is 358 g/mol. The molecule has 0 heterocycles. The average Bonchev–Trinajstić information content (AvgIpc) is 2.85. The van der Waals surface area contributed by atoms with E-state index in [2.05, 4.69) is 33.9 Å². The SMILES string of the molecule is CC(C)(C)N(C(=O)O)[C@H](CO[Si](C)(C)C(C)(C)C)CC1CCCC1. The Morgan fingerprint density at radius 3 is 2.04 bits per heavy atom. The first kappa shape index (κ1) is 21.5. The van der Waals surface area contributed by atoms with Crippen LogP contribution in [-0.4, -0.2) is 42.6 Å². The maximum atomic E-state index is 12.0. The summed E-state index contributed by atoms with van der Waals surface area (Å²) in [7, 11) is -1.88. The molecule has 0 unspecified atom stereocenters. The molecule has 0 bridgehead atoms. The zero-order valence-electron chi connectivity index (χ0n) is 17.1. The third kappa shape index (κ3) is 5.76. The molecule has 142 valence electrons. The van der Waals surface area contributed by atoms with Crippen LogP contribution in [-0.2, 0) is 4.43 Å². The number of nitrogens with zero attached hydrogens (tertiary/aromatic N) is 1. The zero-order chi connectivity index (χ0) is 18.8. The number of amides is 1. The van der Waals surface area contributed by atoms with Crippen LogP contribution in [0.15, 0.2) is 0 Å². The first-order valence-corrected chi connectivity index (χ1v) is 12.3. The van der Waals surface area contributed by atoms with Gasteiger partial charge >= 0.3 is 6.09 Å². The van der Waals surface area contributed by atoms with Crippen molar-refractivity contribution in [2.24, 2.45) is 5.92 Å². The molecular weight excluding hydrogens is 318 g/mol. The summed E-state index contributed by atoms with van der Waals surface area (Å²) in [4.78, 5) is 13.6. The lowest BCUT2D eigenvalue weighted by atomic mass is 9.94. The number of hydrogen-bond donors (Lipinski definition) is 1. The van der Waals surface area contributed by atoms with Gasteiger partial charge in [-0.25, -0.2) is 4.79 Å². The van der Waals surface area contributed by atoms with Gasteiger partial charge in [0.05, 0.1) is 12.6 Å². The Morgan fingerprint density at radius 2 is 1.67 bits per heavy atom. The molecule has 0 aromatic carbocycles. The van der Waals surface area contributed by atoms with Crippen molar-refractivity contribution < 1.29 is 14.3 Å². The second kappa shape index (κ2) is 7.77. The van der Waals surface area contributed by atoms with Gasteiger partial charge in [0.25, 0.3) is 0 Å². The normalized spacial score (nSPS) is 18.7. The molecule has 5 heteroatoms. The van der Waals surface area contributed by atoms with Gasteiger partial charge in [0, 0.05) is 5.54 Å². The lowest BCUT2D eigenvalue weighted by molar-refractivity contribution is 0.0392. The highest BCUT2D eigenvalue weighted by atomic mass is 28.4. The molecular formula is C19H39NO3Si. The van der Waals surface area contributed by atoms with Crippen molar-refractivity contribution in [3.8, 4) is 0 Å². The molecule has 1 N–H and O–H groups in total. The van der Waals surface area contributed by atoms with Crippen molar-refractivity contribution in [3.05, 3.63) is 0 Å². The summed E-state index contributed by atoms with van der Waals surface area (Å²) in [5.74, 6) is 0.641. The molecule has 24 heavy (non-hydrogen) atoms. The summed E-state index contributed by atoms with van der Waals surface area (Å²) in [6, 6.07) is -0.0558. The minimum absolute atomic E-state index is 0.0558. The Hall–Kier alpha value is -0.553. The minimum atomic E-state index is -1.88. The first-order chi connectivity index (χ1) is 10.8. The van der Waals surface area contributed by atoms with Gasteiger partial charge in [0.2, 0.25) is 0 Å². The maximum absolute atomic E-state index is 12.0. The van der Waals surface area contributed by atoms with E-state index in [9.17, 15) is 9.90 Å². The van der Waals surface area contributed by atoms with Gasteiger partial charge in [-0.2, -0.15) is 0 Å². The third-order valence-corrected chi connectivity index (χ3v) is 10.3. The van der Waals surface area contributed by atoms with E-state index in [0.29, 0.717) is 12.5 Å². The summed E-state index contributed by atoms with van der Waals surface area (Å²) in [6.45, 7) is 17.6. The molecule has 1 atom stereocenters. The Labute approximate surface area is 150 Å². The predicted molar refractivity (Wildman–Crippen MR) is 103 cm³/mol. The Morgan fingerprint density at radius 1 is 1.17 bits per heavy atom. The molecule has 0 radical (unpaired) electrons. The largest absolute Gasteiger partial charge is 0.465 e. The summed E-state index contributed by atoms with van der Waals surface area (Å²) in [5, 5.41) is 9.96. The second-order valence-corrected chi connectivity index (χ2v) is 14.7. The summed E-state index contributed by atoms with van der Waals surface area (Å²) >= 11 is 0. The van der Waals surface area contributed by atoms with Crippen LogP contribution in [0.2, 0.25) is 18.1 Å². The van der Waals surface area contributed by atoms with Gasteiger partial charge in [-0.1, -0.05) is 46.5 Å². The van der Waals surface area contributed by atoms with E-state index in [0.717, 1.165) is 6.42 Å².